The van der Waals surface area contributed by atoms with Gasteiger partial charge in [-0.05, 0) is 0 Å². The van der Waals surface area contributed by atoms with Crippen molar-refractivity contribution < 1.29 is 24.3 Å². The van der Waals surface area contributed by atoms with Crippen LogP contribution in [0, 0.1) is 0 Å². The molecule has 0 spiro atoms. The van der Waals surface area contributed by atoms with Gasteiger partial charge in [0.2, 0.25) is 17.7 Å². The van der Waals surface area contributed by atoms with Crippen molar-refractivity contribution in [2.24, 2.45) is 5.73 Å². The number of carboxylic acids is 1. The molecular weight excluding hydrogens is 320 g/mol. The van der Waals surface area contributed by atoms with Gasteiger partial charge in [-0.2, -0.15) is 25.3 Å². The van der Waals surface area contributed by atoms with E-state index in [9.17, 15) is 19.2 Å². The monoisotopic (exact) mass is 338 g/mol. The summed E-state index contributed by atoms with van der Waals surface area (Å²) in [6.07, 6.45) is 0. The highest BCUT2D eigenvalue weighted by atomic mass is 32.1. The fourth-order valence-corrected chi connectivity index (χ4v) is 1.65. The number of aliphatic carboxylic acids is 1. The molecule has 0 saturated carbocycles. The third-order valence-electron chi connectivity index (χ3n) is 2.26. The van der Waals surface area contributed by atoms with E-state index in [0.717, 1.165) is 0 Å². The Morgan fingerprint density at radius 3 is 2.00 bits per heavy atom. The number of carbonyl (C=O) groups is 4. The Bertz CT molecular complexity index is 407. The Morgan fingerprint density at radius 1 is 1.00 bits per heavy atom. The molecule has 0 radical (unpaired) electrons. The minimum atomic E-state index is -1.24. The molecule has 2 atom stereocenters. The fourth-order valence-electron chi connectivity index (χ4n) is 1.15. The summed E-state index contributed by atoms with van der Waals surface area (Å²) in [5, 5.41) is 15.6. The number of rotatable bonds is 9. The summed E-state index contributed by atoms with van der Waals surface area (Å²) in [5.74, 6) is -3.22. The zero-order valence-electron chi connectivity index (χ0n) is 11.0. The third kappa shape index (κ3) is 7.78. The van der Waals surface area contributed by atoms with Crippen LogP contribution in [0.4, 0.5) is 0 Å². The summed E-state index contributed by atoms with van der Waals surface area (Å²) < 4.78 is 0. The predicted molar refractivity (Wildman–Crippen MR) is 81.3 cm³/mol. The zero-order valence-corrected chi connectivity index (χ0v) is 12.8. The first kappa shape index (κ1) is 19.5. The highest BCUT2D eigenvalue weighted by molar-refractivity contribution is 7.80. The minimum absolute atomic E-state index is 0.0404. The lowest BCUT2D eigenvalue weighted by molar-refractivity contribution is -0.141. The first-order chi connectivity index (χ1) is 9.85. The van der Waals surface area contributed by atoms with Gasteiger partial charge in [0.05, 0.1) is 13.1 Å². The molecule has 6 N–H and O–H groups in total. The second kappa shape index (κ2) is 10.3. The molecule has 21 heavy (non-hydrogen) atoms. The van der Waals surface area contributed by atoms with Gasteiger partial charge in [0.1, 0.15) is 12.1 Å². The summed E-state index contributed by atoms with van der Waals surface area (Å²) in [4.78, 5) is 45.0. The topological polar surface area (TPSA) is 151 Å². The molecule has 0 fully saturated rings. The van der Waals surface area contributed by atoms with Crippen molar-refractivity contribution in [3.8, 4) is 0 Å². The van der Waals surface area contributed by atoms with Crippen LogP contribution in [0.2, 0.25) is 0 Å². The van der Waals surface area contributed by atoms with Gasteiger partial charge in [-0.3, -0.25) is 14.4 Å². The summed E-state index contributed by atoms with van der Waals surface area (Å²) in [7, 11) is 0. The average Bonchev–Trinajstić information content (AvgIpc) is 2.46. The Kier molecular flexibility index (Phi) is 9.58. The van der Waals surface area contributed by atoms with E-state index in [-0.39, 0.29) is 24.6 Å². The summed E-state index contributed by atoms with van der Waals surface area (Å²) in [5.41, 5.74) is 5.05. The summed E-state index contributed by atoms with van der Waals surface area (Å²) in [6, 6.07) is -2.20. The minimum Gasteiger partial charge on any atom is -0.480 e. The highest BCUT2D eigenvalue weighted by Crippen LogP contribution is 1.94. The number of carboxylic acid groups (broad SMARTS) is 1. The Balaban J connectivity index is 4.42. The second-order valence-corrected chi connectivity index (χ2v) is 4.60. The van der Waals surface area contributed by atoms with E-state index in [1.165, 1.54) is 0 Å². The number of carbonyl (C=O) groups excluding carboxylic acids is 3. The maximum atomic E-state index is 11.8. The van der Waals surface area contributed by atoms with Crippen LogP contribution >= 0.6 is 25.3 Å². The number of nitrogens with one attached hydrogen (secondary N) is 3. The highest BCUT2D eigenvalue weighted by Gasteiger charge is 2.24. The van der Waals surface area contributed by atoms with Crippen molar-refractivity contribution in [2.45, 2.75) is 12.1 Å². The van der Waals surface area contributed by atoms with Gasteiger partial charge in [0.15, 0.2) is 0 Å². The fraction of sp³-hybridized carbons (Fsp3) is 0.600. The van der Waals surface area contributed by atoms with Crippen molar-refractivity contribution in [1.29, 1.82) is 0 Å². The first-order valence-electron chi connectivity index (χ1n) is 5.86. The largest absolute Gasteiger partial charge is 0.480 e. The number of thiol groups is 2. The van der Waals surface area contributed by atoms with Gasteiger partial charge in [0.25, 0.3) is 0 Å². The molecule has 0 aliphatic carbocycles. The molecule has 0 aliphatic heterocycles. The lowest BCUT2D eigenvalue weighted by atomic mass is 10.2. The van der Waals surface area contributed by atoms with E-state index in [2.05, 4.69) is 41.2 Å². The van der Waals surface area contributed by atoms with Gasteiger partial charge < -0.3 is 26.8 Å². The molecule has 3 amide bonds. The molecule has 0 saturated heterocycles. The Hall–Kier alpha value is -1.46. The van der Waals surface area contributed by atoms with E-state index >= 15 is 0 Å². The van der Waals surface area contributed by atoms with E-state index in [1.54, 1.807) is 0 Å². The average molecular weight is 338 g/mol. The van der Waals surface area contributed by atoms with Crippen LogP contribution in [-0.2, 0) is 19.2 Å². The molecule has 0 rings (SSSR count). The van der Waals surface area contributed by atoms with Gasteiger partial charge in [-0.15, -0.1) is 0 Å². The molecular formula is C10H18N4O5S2. The van der Waals surface area contributed by atoms with Gasteiger partial charge >= 0.3 is 5.97 Å². The van der Waals surface area contributed by atoms with Gasteiger partial charge in [-0.25, -0.2) is 4.79 Å². The predicted octanol–water partition coefficient (Wildman–Crippen LogP) is -3.02. The second-order valence-electron chi connectivity index (χ2n) is 3.87. The number of hydrogen-bond acceptors (Lipinski definition) is 7. The standard InChI is InChI=1S/C10H18N4O5S2/c11-1-7(15)12-2-8(16)13-5(3-20)9(17)14-6(4-21)10(18)19/h5-6,20-21H,1-4,11H2,(H,12,15)(H,13,16)(H,14,17)(H,18,19)/t5-,6-/m0/s1. The van der Waals surface area contributed by atoms with Crippen molar-refractivity contribution in [1.82, 2.24) is 16.0 Å². The van der Waals surface area contributed by atoms with E-state index in [0.29, 0.717) is 0 Å². The van der Waals surface area contributed by atoms with Crippen molar-refractivity contribution >= 4 is 48.9 Å². The molecule has 0 aliphatic rings. The van der Waals surface area contributed by atoms with Crippen LogP contribution in [-0.4, -0.2) is 65.5 Å². The number of nitrogens with two attached hydrogens (primary N) is 1. The zero-order chi connectivity index (χ0) is 16.4. The number of amides is 3. The SMILES string of the molecule is NCC(=O)NCC(=O)N[C@@H](CS)C(=O)N[C@@H](CS)C(=O)O. The van der Waals surface area contributed by atoms with Gasteiger partial charge in [-0.1, -0.05) is 0 Å². The molecule has 0 aromatic rings. The molecule has 0 unspecified atom stereocenters. The number of hydrogen-bond donors (Lipinski definition) is 7. The lowest BCUT2D eigenvalue weighted by Crippen LogP contribution is -2.54. The quantitative estimate of drug-likeness (QED) is 0.222. The van der Waals surface area contributed by atoms with Crippen LogP contribution in [0.3, 0.4) is 0 Å². The van der Waals surface area contributed by atoms with Crippen LogP contribution < -0.4 is 21.7 Å². The molecule has 120 valence electrons. The van der Waals surface area contributed by atoms with Crippen molar-refractivity contribution in [3.05, 3.63) is 0 Å². The molecule has 0 heterocycles. The molecule has 0 aromatic heterocycles. The molecule has 9 nitrogen and oxygen atoms in total. The maximum Gasteiger partial charge on any atom is 0.327 e. The van der Waals surface area contributed by atoms with Crippen molar-refractivity contribution in [2.75, 3.05) is 24.6 Å². The van der Waals surface area contributed by atoms with Gasteiger partial charge in [0, 0.05) is 11.5 Å². The first-order valence-corrected chi connectivity index (χ1v) is 7.13. The van der Waals surface area contributed by atoms with E-state index in [4.69, 9.17) is 10.8 Å². The summed E-state index contributed by atoms with van der Waals surface area (Å²) >= 11 is 7.71. The Labute approximate surface area is 132 Å². The van der Waals surface area contributed by atoms with Crippen LogP contribution in [0.25, 0.3) is 0 Å². The molecule has 11 heteroatoms. The Morgan fingerprint density at radius 2 is 1.57 bits per heavy atom. The lowest BCUT2D eigenvalue weighted by Gasteiger charge is -2.19. The third-order valence-corrected chi connectivity index (χ3v) is 2.99. The van der Waals surface area contributed by atoms with E-state index in [1.807, 2.05) is 0 Å². The smallest absolute Gasteiger partial charge is 0.327 e. The molecule has 0 aromatic carbocycles. The van der Waals surface area contributed by atoms with Crippen LogP contribution in [0.15, 0.2) is 0 Å². The normalized spacial score (nSPS) is 12.9. The van der Waals surface area contributed by atoms with Crippen LogP contribution in [0.1, 0.15) is 0 Å². The van der Waals surface area contributed by atoms with Crippen LogP contribution in [0.5, 0.6) is 0 Å². The summed E-state index contributed by atoms with van der Waals surface area (Å²) in [6.45, 7) is -0.603. The van der Waals surface area contributed by atoms with Crippen molar-refractivity contribution in [3.63, 3.8) is 0 Å². The molecule has 0 bridgehead atoms. The van der Waals surface area contributed by atoms with E-state index < -0.39 is 35.8 Å². The maximum absolute atomic E-state index is 11.8.